The van der Waals surface area contributed by atoms with E-state index in [9.17, 15) is 27.2 Å². The summed E-state index contributed by atoms with van der Waals surface area (Å²) in [7, 11) is -3.94. The van der Waals surface area contributed by atoms with E-state index < -0.39 is 31.9 Å². The average Bonchev–Trinajstić information content (AvgIpc) is 2.60. The summed E-state index contributed by atoms with van der Waals surface area (Å²) in [5, 5.41) is 8.79. The summed E-state index contributed by atoms with van der Waals surface area (Å²) in [6.07, 6.45) is 2.61. The highest BCUT2D eigenvalue weighted by atomic mass is 32.2. The van der Waals surface area contributed by atoms with Crippen LogP contribution in [0.3, 0.4) is 0 Å². The highest BCUT2D eigenvalue weighted by Gasteiger charge is 2.43. The lowest BCUT2D eigenvalue weighted by molar-refractivity contribution is -0.131. The maximum Gasteiger partial charge on any atom is 0.264 e. The standard InChI is InChI=1S/C16H18FN3O6S/c1-16(15(23)19-24,27(2,25)26)5-6-20-9-12(17)11(7-14(20)22)10-3-4-13(21)18-8-10/h3-4,7-9,24H,5-6H2,1-2H3,(H,18,21)(H,19,23). The van der Waals surface area contributed by atoms with Crippen LogP contribution in [0.2, 0.25) is 0 Å². The van der Waals surface area contributed by atoms with Crippen LogP contribution in [0.25, 0.3) is 11.1 Å². The molecule has 0 bridgehead atoms. The van der Waals surface area contributed by atoms with Crippen molar-refractivity contribution in [2.75, 3.05) is 6.26 Å². The molecule has 3 N–H and O–H groups in total. The number of amides is 1. The van der Waals surface area contributed by atoms with Gasteiger partial charge in [0.05, 0.1) is 0 Å². The molecule has 0 radical (unpaired) electrons. The van der Waals surface area contributed by atoms with Gasteiger partial charge in [-0.15, -0.1) is 0 Å². The van der Waals surface area contributed by atoms with Crippen molar-refractivity contribution in [3.8, 4) is 11.1 Å². The maximum absolute atomic E-state index is 14.4. The number of aromatic nitrogens is 2. The largest absolute Gasteiger partial charge is 0.328 e. The summed E-state index contributed by atoms with van der Waals surface area (Å²) in [4.78, 5) is 37.5. The quantitative estimate of drug-likeness (QED) is 0.463. The monoisotopic (exact) mass is 399 g/mol. The van der Waals surface area contributed by atoms with Crippen LogP contribution in [0.4, 0.5) is 4.39 Å². The van der Waals surface area contributed by atoms with Gasteiger partial charge in [0.1, 0.15) is 5.82 Å². The van der Waals surface area contributed by atoms with E-state index >= 15 is 0 Å². The Morgan fingerprint density at radius 2 is 2.04 bits per heavy atom. The van der Waals surface area contributed by atoms with E-state index in [1.807, 2.05) is 0 Å². The summed E-state index contributed by atoms with van der Waals surface area (Å²) < 4.78 is 37.2. The Morgan fingerprint density at radius 3 is 2.56 bits per heavy atom. The predicted molar refractivity (Wildman–Crippen MR) is 94.5 cm³/mol. The fourth-order valence-corrected chi connectivity index (χ4v) is 3.28. The zero-order chi connectivity index (χ0) is 20.4. The van der Waals surface area contributed by atoms with Gasteiger partial charge in [-0.25, -0.2) is 18.3 Å². The molecule has 2 heterocycles. The number of hydroxylamine groups is 1. The predicted octanol–water partition coefficient (Wildman–Crippen LogP) is 0.0415. The number of aryl methyl sites for hydroxylation is 1. The van der Waals surface area contributed by atoms with Gasteiger partial charge < -0.3 is 9.55 Å². The second kappa shape index (κ2) is 7.45. The SMILES string of the molecule is CC(CCn1cc(F)c(-c2ccc(=O)[nH]c2)cc1=O)(C(=O)NO)S(C)(=O)=O. The Labute approximate surface area is 153 Å². The van der Waals surface area contributed by atoms with Crippen LogP contribution in [0.15, 0.2) is 40.2 Å². The van der Waals surface area contributed by atoms with E-state index in [0.717, 1.165) is 30.0 Å². The van der Waals surface area contributed by atoms with Crippen LogP contribution in [0.1, 0.15) is 13.3 Å². The Morgan fingerprint density at radius 1 is 1.37 bits per heavy atom. The van der Waals surface area contributed by atoms with Gasteiger partial charge in [-0.2, -0.15) is 0 Å². The summed E-state index contributed by atoms with van der Waals surface area (Å²) in [5.41, 5.74) is 0.547. The molecule has 1 atom stereocenters. The molecule has 0 saturated carbocycles. The van der Waals surface area contributed by atoms with Crippen molar-refractivity contribution >= 4 is 15.7 Å². The van der Waals surface area contributed by atoms with Gasteiger partial charge in [-0.05, 0) is 19.4 Å². The van der Waals surface area contributed by atoms with Crippen LogP contribution in [-0.2, 0) is 21.2 Å². The maximum atomic E-state index is 14.4. The van der Waals surface area contributed by atoms with E-state index in [2.05, 4.69) is 4.98 Å². The molecule has 0 aliphatic heterocycles. The summed E-state index contributed by atoms with van der Waals surface area (Å²) in [5.74, 6) is -1.92. The molecule has 0 spiro atoms. The smallest absolute Gasteiger partial charge is 0.264 e. The first-order valence-electron chi connectivity index (χ1n) is 7.73. The number of nitrogens with one attached hydrogen (secondary N) is 2. The molecule has 2 aromatic rings. The minimum absolute atomic E-state index is 0.0357. The Bertz CT molecular complexity index is 1070. The number of sulfone groups is 1. The molecule has 0 saturated heterocycles. The Balaban J connectivity index is 2.37. The second-order valence-electron chi connectivity index (χ2n) is 6.20. The van der Waals surface area contributed by atoms with Crippen LogP contribution in [0.5, 0.6) is 0 Å². The van der Waals surface area contributed by atoms with Crippen molar-refractivity contribution in [1.82, 2.24) is 15.0 Å². The molecule has 0 aliphatic rings. The molecular weight excluding hydrogens is 381 g/mol. The number of hydrogen-bond acceptors (Lipinski definition) is 6. The molecule has 0 fully saturated rings. The minimum atomic E-state index is -3.94. The molecule has 0 aromatic carbocycles. The van der Waals surface area contributed by atoms with Gasteiger partial charge in [0.2, 0.25) is 5.56 Å². The third-order valence-electron chi connectivity index (χ3n) is 4.40. The molecule has 11 heteroatoms. The number of pyridine rings is 2. The highest BCUT2D eigenvalue weighted by Crippen LogP contribution is 2.23. The van der Waals surface area contributed by atoms with Crippen molar-refractivity contribution in [2.24, 2.45) is 0 Å². The van der Waals surface area contributed by atoms with Gasteiger partial charge in [0, 0.05) is 48.5 Å². The number of nitrogens with zero attached hydrogens (tertiary/aromatic N) is 1. The third kappa shape index (κ3) is 4.14. The van der Waals surface area contributed by atoms with E-state index in [1.54, 1.807) is 0 Å². The zero-order valence-corrected chi connectivity index (χ0v) is 15.3. The van der Waals surface area contributed by atoms with Crippen LogP contribution < -0.4 is 16.6 Å². The van der Waals surface area contributed by atoms with Gasteiger partial charge in [0.25, 0.3) is 11.5 Å². The lowest BCUT2D eigenvalue weighted by Crippen LogP contribution is -2.50. The lowest BCUT2D eigenvalue weighted by Gasteiger charge is -2.25. The molecular formula is C16H18FN3O6S. The number of H-pyrrole nitrogens is 1. The average molecular weight is 399 g/mol. The van der Waals surface area contributed by atoms with Crippen LogP contribution in [-0.4, -0.2) is 40.1 Å². The second-order valence-corrected chi connectivity index (χ2v) is 8.65. The molecule has 2 aromatic heterocycles. The topological polar surface area (TPSA) is 138 Å². The molecule has 1 amide bonds. The molecule has 0 aliphatic carbocycles. The first-order chi connectivity index (χ1) is 12.5. The fraction of sp³-hybridized carbons (Fsp3) is 0.312. The van der Waals surface area contributed by atoms with Gasteiger partial charge in [-0.3, -0.25) is 19.6 Å². The van der Waals surface area contributed by atoms with Gasteiger partial charge in [-0.1, -0.05) is 0 Å². The minimum Gasteiger partial charge on any atom is -0.328 e. The lowest BCUT2D eigenvalue weighted by atomic mass is 10.1. The van der Waals surface area contributed by atoms with Crippen molar-refractivity contribution in [3.05, 3.63) is 57.1 Å². The summed E-state index contributed by atoms with van der Waals surface area (Å²) >= 11 is 0. The first kappa shape index (κ1) is 20.5. The normalized spacial score (nSPS) is 13.8. The Hall–Kier alpha value is -2.79. The fourth-order valence-electron chi connectivity index (χ4n) is 2.44. The molecule has 1 unspecified atom stereocenters. The third-order valence-corrected chi connectivity index (χ3v) is 6.43. The van der Waals surface area contributed by atoms with Crippen molar-refractivity contribution in [2.45, 2.75) is 24.6 Å². The van der Waals surface area contributed by atoms with Crippen molar-refractivity contribution in [1.29, 1.82) is 0 Å². The van der Waals surface area contributed by atoms with Crippen molar-refractivity contribution < 1.29 is 22.8 Å². The van der Waals surface area contributed by atoms with Gasteiger partial charge in [0.15, 0.2) is 14.6 Å². The van der Waals surface area contributed by atoms with Crippen LogP contribution in [0, 0.1) is 5.82 Å². The van der Waals surface area contributed by atoms with Gasteiger partial charge >= 0.3 is 0 Å². The van der Waals surface area contributed by atoms with Crippen molar-refractivity contribution in [3.63, 3.8) is 0 Å². The summed E-state index contributed by atoms with van der Waals surface area (Å²) in [6, 6.07) is 3.55. The molecule has 27 heavy (non-hydrogen) atoms. The molecule has 9 nitrogen and oxygen atoms in total. The Kier molecular flexibility index (Phi) is 5.66. The van der Waals surface area contributed by atoms with Crippen LogP contribution >= 0.6 is 0 Å². The van der Waals surface area contributed by atoms with E-state index in [-0.39, 0.29) is 29.7 Å². The van der Waals surface area contributed by atoms with E-state index in [0.29, 0.717) is 0 Å². The molecule has 146 valence electrons. The number of rotatable bonds is 6. The highest BCUT2D eigenvalue weighted by molar-refractivity contribution is 7.92. The number of halogens is 1. The molecule has 2 rings (SSSR count). The van der Waals surface area contributed by atoms with E-state index in [4.69, 9.17) is 5.21 Å². The summed E-state index contributed by atoms with van der Waals surface area (Å²) in [6.45, 7) is 0.822. The number of carbonyl (C=O) groups excluding carboxylic acids is 1. The number of carbonyl (C=O) groups is 1. The zero-order valence-electron chi connectivity index (χ0n) is 14.5. The van der Waals surface area contributed by atoms with E-state index in [1.165, 1.54) is 23.8 Å². The number of aromatic amines is 1. The number of hydrogen-bond donors (Lipinski definition) is 3. The first-order valence-corrected chi connectivity index (χ1v) is 9.62.